The number of nitrogens with one attached hydrogen (secondary N) is 2. The maximum atomic E-state index is 13.1. The van der Waals surface area contributed by atoms with Gasteiger partial charge in [0, 0.05) is 24.1 Å². The van der Waals surface area contributed by atoms with E-state index in [9.17, 15) is 4.39 Å². The van der Waals surface area contributed by atoms with Crippen molar-refractivity contribution in [2.75, 3.05) is 7.05 Å². The van der Waals surface area contributed by atoms with Crippen LogP contribution in [0, 0.1) is 5.82 Å². The Kier molecular flexibility index (Phi) is 3.99. The highest BCUT2D eigenvalue weighted by molar-refractivity contribution is 9.10. The zero-order valence-corrected chi connectivity index (χ0v) is 11.2. The molecule has 17 heavy (non-hydrogen) atoms. The maximum Gasteiger partial charge on any atom is 0.191 e. The van der Waals surface area contributed by atoms with Gasteiger partial charge in [0.2, 0.25) is 0 Å². The van der Waals surface area contributed by atoms with Crippen LogP contribution in [0.4, 0.5) is 4.39 Å². The molecule has 1 aliphatic carbocycles. The Morgan fingerprint density at radius 3 is 2.94 bits per heavy atom. The number of hydrogen-bond acceptors (Lipinski definition) is 1. The summed E-state index contributed by atoms with van der Waals surface area (Å²) in [6.45, 7) is 0.546. The fourth-order valence-electron chi connectivity index (χ4n) is 1.47. The van der Waals surface area contributed by atoms with E-state index in [0.717, 1.165) is 16.0 Å². The number of benzene rings is 1. The van der Waals surface area contributed by atoms with Gasteiger partial charge >= 0.3 is 0 Å². The lowest BCUT2D eigenvalue weighted by molar-refractivity contribution is 0.624. The Balaban J connectivity index is 1.93. The minimum Gasteiger partial charge on any atom is -0.354 e. The number of hydrogen-bond donors (Lipinski definition) is 2. The summed E-state index contributed by atoms with van der Waals surface area (Å²) < 4.78 is 14.0. The zero-order chi connectivity index (χ0) is 12.3. The van der Waals surface area contributed by atoms with Crippen LogP contribution in [0.15, 0.2) is 27.7 Å². The summed E-state index contributed by atoms with van der Waals surface area (Å²) in [4.78, 5) is 4.12. The summed E-state index contributed by atoms with van der Waals surface area (Å²) in [6.07, 6.45) is 2.40. The van der Waals surface area contributed by atoms with E-state index in [0.29, 0.717) is 12.6 Å². The summed E-state index contributed by atoms with van der Waals surface area (Å²) in [5.74, 6) is 0.541. The minimum atomic E-state index is -0.227. The molecule has 0 radical (unpaired) electrons. The molecule has 0 bridgehead atoms. The third-order valence-electron chi connectivity index (χ3n) is 2.60. The Morgan fingerprint density at radius 2 is 2.29 bits per heavy atom. The topological polar surface area (TPSA) is 36.4 Å². The molecule has 0 amide bonds. The number of guanidine groups is 1. The normalized spacial score (nSPS) is 15.8. The van der Waals surface area contributed by atoms with Gasteiger partial charge in [-0.05, 0) is 36.6 Å². The van der Waals surface area contributed by atoms with Crippen LogP contribution >= 0.6 is 15.9 Å². The molecule has 3 nitrogen and oxygen atoms in total. The number of halogens is 2. The molecule has 92 valence electrons. The smallest absolute Gasteiger partial charge is 0.191 e. The molecule has 0 saturated heterocycles. The lowest BCUT2D eigenvalue weighted by atomic mass is 10.2. The van der Waals surface area contributed by atoms with Gasteiger partial charge in [-0.3, -0.25) is 4.99 Å². The maximum absolute atomic E-state index is 13.1. The second-order valence-corrected chi connectivity index (χ2v) is 4.93. The molecule has 2 N–H and O–H groups in total. The van der Waals surface area contributed by atoms with E-state index in [1.807, 2.05) is 0 Å². The van der Waals surface area contributed by atoms with Crippen molar-refractivity contribution in [3.63, 3.8) is 0 Å². The van der Waals surface area contributed by atoms with Crippen LogP contribution in [0.2, 0.25) is 0 Å². The fraction of sp³-hybridized carbons (Fsp3) is 0.417. The van der Waals surface area contributed by atoms with Crippen LogP contribution in [0.3, 0.4) is 0 Å². The van der Waals surface area contributed by atoms with Gasteiger partial charge in [-0.15, -0.1) is 0 Å². The molecule has 1 aromatic carbocycles. The van der Waals surface area contributed by atoms with E-state index < -0.39 is 0 Å². The second kappa shape index (κ2) is 5.49. The van der Waals surface area contributed by atoms with Crippen LogP contribution < -0.4 is 10.6 Å². The first-order chi connectivity index (χ1) is 8.19. The van der Waals surface area contributed by atoms with E-state index in [1.54, 1.807) is 13.1 Å². The molecule has 0 heterocycles. The lowest BCUT2D eigenvalue weighted by Gasteiger charge is -2.12. The first-order valence-corrected chi connectivity index (χ1v) is 6.39. The second-order valence-electron chi connectivity index (χ2n) is 4.08. The Labute approximate surface area is 109 Å². The molecule has 0 spiro atoms. The van der Waals surface area contributed by atoms with Gasteiger partial charge < -0.3 is 10.6 Å². The van der Waals surface area contributed by atoms with Gasteiger partial charge in [0.25, 0.3) is 0 Å². The highest BCUT2D eigenvalue weighted by atomic mass is 79.9. The Hall–Kier alpha value is -1.10. The monoisotopic (exact) mass is 299 g/mol. The van der Waals surface area contributed by atoms with Crippen molar-refractivity contribution in [3.05, 3.63) is 34.1 Å². The van der Waals surface area contributed by atoms with Gasteiger partial charge in [0.05, 0.1) is 0 Å². The van der Waals surface area contributed by atoms with Crippen LogP contribution in [-0.4, -0.2) is 19.0 Å². The molecule has 1 aliphatic rings. The quantitative estimate of drug-likeness (QED) is 0.664. The predicted octanol–water partition coefficient (Wildman–Crippen LogP) is 2.42. The van der Waals surface area contributed by atoms with Gasteiger partial charge in [0.1, 0.15) is 5.82 Å². The first kappa shape index (κ1) is 12.4. The lowest BCUT2D eigenvalue weighted by Crippen LogP contribution is -2.38. The molecule has 1 aromatic rings. The standard InChI is InChI=1S/C12H15BrFN3/c1-15-12(17-10-3-4-10)16-7-8-6-9(14)2-5-11(8)13/h2,5-6,10H,3-4,7H2,1H3,(H2,15,16,17). The average molecular weight is 300 g/mol. The Morgan fingerprint density at radius 1 is 1.53 bits per heavy atom. The Bertz CT molecular complexity index is 430. The SMILES string of the molecule is CN=C(NCc1cc(F)ccc1Br)NC1CC1. The summed E-state index contributed by atoms with van der Waals surface area (Å²) in [5, 5.41) is 6.44. The van der Waals surface area contributed by atoms with Gasteiger partial charge in [-0.2, -0.15) is 0 Å². The summed E-state index contributed by atoms with van der Waals surface area (Å²) in [6, 6.07) is 5.22. The third kappa shape index (κ3) is 3.70. The summed E-state index contributed by atoms with van der Waals surface area (Å²) >= 11 is 3.40. The van der Waals surface area contributed by atoms with E-state index >= 15 is 0 Å². The molecule has 0 unspecified atom stereocenters. The average Bonchev–Trinajstić information content (AvgIpc) is 3.12. The molecular formula is C12H15BrFN3. The molecule has 0 aromatic heterocycles. The van der Waals surface area contributed by atoms with Crippen molar-refractivity contribution >= 4 is 21.9 Å². The predicted molar refractivity (Wildman–Crippen MR) is 70.5 cm³/mol. The van der Waals surface area contributed by atoms with E-state index in [2.05, 4.69) is 31.6 Å². The highest BCUT2D eigenvalue weighted by Gasteiger charge is 2.22. The molecule has 1 saturated carbocycles. The highest BCUT2D eigenvalue weighted by Crippen LogP contribution is 2.19. The van der Waals surface area contributed by atoms with Crippen molar-refractivity contribution in [3.8, 4) is 0 Å². The van der Waals surface area contributed by atoms with Crippen LogP contribution in [-0.2, 0) is 6.54 Å². The van der Waals surface area contributed by atoms with Crippen molar-refractivity contribution in [2.24, 2.45) is 4.99 Å². The molecule has 0 atom stereocenters. The number of rotatable bonds is 3. The van der Waals surface area contributed by atoms with Gasteiger partial charge in [-0.1, -0.05) is 15.9 Å². The fourth-order valence-corrected chi connectivity index (χ4v) is 1.86. The van der Waals surface area contributed by atoms with E-state index in [4.69, 9.17) is 0 Å². The summed E-state index contributed by atoms with van der Waals surface area (Å²) in [7, 11) is 1.73. The first-order valence-electron chi connectivity index (χ1n) is 5.60. The van der Waals surface area contributed by atoms with Crippen molar-refractivity contribution < 1.29 is 4.39 Å². The van der Waals surface area contributed by atoms with E-state index in [1.165, 1.54) is 25.0 Å². The van der Waals surface area contributed by atoms with Crippen molar-refractivity contribution in [1.29, 1.82) is 0 Å². The zero-order valence-electron chi connectivity index (χ0n) is 9.63. The summed E-state index contributed by atoms with van der Waals surface area (Å²) in [5.41, 5.74) is 0.878. The number of nitrogens with zero attached hydrogens (tertiary/aromatic N) is 1. The molecule has 2 rings (SSSR count). The number of aliphatic imine (C=N–C) groups is 1. The molecule has 1 fully saturated rings. The minimum absolute atomic E-state index is 0.227. The van der Waals surface area contributed by atoms with Crippen LogP contribution in [0.25, 0.3) is 0 Å². The third-order valence-corrected chi connectivity index (χ3v) is 3.37. The van der Waals surface area contributed by atoms with Gasteiger partial charge in [-0.25, -0.2) is 4.39 Å². The van der Waals surface area contributed by atoms with Crippen LogP contribution in [0.1, 0.15) is 18.4 Å². The molecule has 5 heteroatoms. The van der Waals surface area contributed by atoms with Gasteiger partial charge in [0.15, 0.2) is 5.96 Å². The van der Waals surface area contributed by atoms with Crippen molar-refractivity contribution in [2.45, 2.75) is 25.4 Å². The molecule has 0 aliphatic heterocycles. The van der Waals surface area contributed by atoms with Crippen molar-refractivity contribution in [1.82, 2.24) is 10.6 Å². The van der Waals surface area contributed by atoms with Crippen LogP contribution in [0.5, 0.6) is 0 Å². The molecular weight excluding hydrogens is 285 g/mol. The van der Waals surface area contributed by atoms with E-state index in [-0.39, 0.29) is 5.82 Å². The largest absolute Gasteiger partial charge is 0.354 e.